The van der Waals surface area contributed by atoms with E-state index in [4.69, 9.17) is 18.6 Å². The molecule has 28 heavy (non-hydrogen) atoms. The summed E-state index contributed by atoms with van der Waals surface area (Å²) in [6.07, 6.45) is 1.63. The molecule has 3 aromatic rings. The Kier molecular flexibility index (Phi) is 4.22. The Hall–Kier alpha value is -3.15. The Morgan fingerprint density at radius 2 is 1.86 bits per heavy atom. The van der Waals surface area contributed by atoms with Gasteiger partial charge in [-0.05, 0) is 44.9 Å². The van der Waals surface area contributed by atoms with E-state index in [1.807, 2.05) is 12.1 Å². The van der Waals surface area contributed by atoms with E-state index in [9.17, 15) is 9.90 Å². The summed E-state index contributed by atoms with van der Waals surface area (Å²) in [5, 5.41) is 10.4. The van der Waals surface area contributed by atoms with Crippen molar-refractivity contribution in [1.29, 1.82) is 0 Å². The van der Waals surface area contributed by atoms with Crippen molar-refractivity contribution in [2.24, 2.45) is 0 Å². The van der Waals surface area contributed by atoms with Gasteiger partial charge < -0.3 is 23.7 Å². The van der Waals surface area contributed by atoms with Gasteiger partial charge in [0, 0.05) is 23.3 Å². The first-order valence-corrected chi connectivity index (χ1v) is 9.07. The zero-order chi connectivity index (χ0) is 20.1. The van der Waals surface area contributed by atoms with E-state index < -0.39 is 5.63 Å². The lowest BCUT2D eigenvalue weighted by molar-refractivity contribution is 0.0837. The number of fused-ring (bicyclic) bond motifs is 2. The molecular weight excluding hydrogens is 360 g/mol. The number of hydrogen-bond donors (Lipinski definition) is 1. The highest BCUT2D eigenvalue weighted by Gasteiger charge is 2.30. The normalized spacial score (nSPS) is 15.0. The number of rotatable bonds is 3. The van der Waals surface area contributed by atoms with Gasteiger partial charge >= 0.3 is 5.63 Å². The SMILES string of the molecule is COc1c(-c2cc3c(OC)cc(O)cc3oc2=O)ccc2c1CCC(C)(C)O2. The molecule has 0 spiro atoms. The first-order valence-electron chi connectivity index (χ1n) is 9.07. The van der Waals surface area contributed by atoms with Crippen molar-refractivity contribution in [1.82, 2.24) is 0 Å². The fourth-order valence-corrected chi connectivity index (χ4v) is 3.69. The number of phenolic OH excluding ortho intramolecular Hbond substituents is 1. The van der Waals surface area contributed by atoms with Crippen molar-refractivity contribution in [3.63, 3.8) is 0 Å². The molecule has 1 aliphatic rings. The van der Waals surface area contributed by atoms with Crippen molar-refractivity contribution in [3.8, 4) is 34.1 Å². The van der Waals surface area contributed by atoms with Crippen molar-refractivity contribution < 1.29 is 23.7 Å². The van der Waals surface area contributed by atoms with Gasteiger partial charge in [0.1, 0.15) is 34.2 Å². The van der Waals surface area contributed by atoms with Crippen LogP contribution in [0.25, 0.3) is 22.1 Å². The van der Waals surface area contributed by atoms with Crippen LogP contribution in [0.5, 0.6) is 23.0 Å². The fourth-order valence-electron chi connectivity index (χ4n) is 3.69. The van der Waals surface area contributed by atoms with E-state index in [1.165, 1.54) is 19.2 Å². The molecule has 0 amide bonds. The maximum atomic E-state index is 12.7. The third-order valence-electron chi connectivity index (χ3n) is 5.10. The van der Waals surface area contributed by atoms with Crippen LogP contribution in [0.1, 0.15) is 25.8 Å². The van der Waals surface area contributed by atoms with Crippen LogP contribution in [0.15, 0.2) is 39.5 Å². The third-order valence-corrected chi connectivity index (χ3v) is 5.10. The molecule has 0 saturated heterocycles. The molecular formula is C22H22O6. The number of ether oxygens (including phenoxy) is 3. The molecule has 0 radical (unpaired) electrons. The van der Waals surface area contributed by atoms with Crippen LogP contribution in [0.2, 0.25) is 0 Å². The molecule has 2 aromatic carbocycles. The molecule has 146 valence electrons. The standard InChI is InChI=1S/C22H22O6/c1-22(2)8-7-14-17(28-22)6-5-13(20(14)26-4)15-11-16-18(25-3)9-12(23)10-19(16)27-21(15)24/h5-6,9-11,23H,7-8H2,1-4H3. The molecule has 0 unspecified atom stereocenters. The van der Waals surface area contributed by atoms with Gasteiger partial charge in [-0.25, -0.2) is 4.79 Å². The second-order valence-electron chi connectivity index (χ2n) is 7.49. The van der Waals surface area contributed by atoms with Gasteiger partial charge in [0.2, 0.25) is 0 Å². The van der Waals surface area contributed by atoms with Crippen LogP contribution in [0.4, 0.5) is 0 Å². The van der Waals surface area contributed by atoms with Gasteiger partial charge in [0.25, 0.3) is 0 Å². The highest BCUT2D eigenvalue weighted by atomic mass is 16.5. The summed E-state index contributed by atoms with van der Waals surface area (Å²) in [5.74, 6) is 1.76. The molecule has 0 aliphatic carbocycles. The minimum absolute atomic E-state index is 0.0358. The van der Waals surface area contributed by atoms with Crippen molar-refractivity contribution in [2.75, 3.05) is 14.2 Å². The number of aromatic hydroxyl groups is 1. The quantitative estimate of drug-likeness (QED) is 0.681. The summed E-state index contributed by atoms with van der Waals surface area (Å²) in [7, 11) is 3.08. The number of methoxy groups -OCH3 is 2. The minimum Gasteiger partial charge on any atom is -0.508 e. The highest BCUT2D eigenvalue weighted by Crippen LogP contribution is 2.44. The van der Waals surface area contributed by atoms with Gasteiger partial charge in [0.15, 0.2) is 0 Å². The van der Waals surface area contributed by atoms with Crippen LogP contribution >= 0.6 is 0 Å². The fraction of sp³-hybridized carbons (Fsp3) is 0.318. The van der Waals surface area contributed by atoms with Gasteiger partial charge in [-0.1, -0.05) is 0 Å². The Morgan fingerprint density at radius 1 is 1.07 bits per heavy atom. The topological polar surface area (TPSA) is 78.1 Å². The molecule has 2 heterocycles. The second-order valence-corrected chi connectivity index (χ2v) is 7.49. The van der Waals surface area contributed by atoms with Crippen LogP contribution < -0.4 is 19.8 Å². The van der Waals surface area contributed by atoms with Gasteiger partial charge in [0.05, 0.1) is 25.2 Å². The Morgan fingerprint density at radius 3 is 2.57 bits per heavy atom. The maximum Gasteiger partial charge on any atom is 0.344 e. The largest absolute Gasteiger partial charge is 0.508 e. The summed E-state index contributed by atoms with van der Waals surface area (Å²) < 4.78 is 22.6. The monoisotopic (exact) mass is 382 g/mol. The van der Waals surface area contributed by atoms with Crippen molar-refractivity contribution in [3.05, 3.63) is 46.3 Å². The molecule has 0 bridgehead atoms. The molecule has 4 rings (SSSR count). The van der Waals surface area contributed by atoms with Crippen molar-refractivity contribution >= 4 is 11.0 Å². The number of phenols is 1. The lowest BCUT2D eigenvalue weighted by Crippen LogP contribution is -2.32. The average molecular weight is 382 g/mol. The van der Waals surface area contributed by atoms with Crippen molar-refractivity contribution in [2.45, 2.75) is 32.3 Å². The van der Waals surface area contributed by atoms with Gasteiger partial charge in [-0.15, -0.1) is 0 Å². The summed E-state index contributed by atoms with van der Waals surface area (Å²) >= 11 is 0. The lowest BCUT2D eigenvalue weighted by atomic mass is 9.91. The zero-order valence-electron chi connectivity index (χ0n) is 16.3. The Labute approximate surface area is 162 Å². The predicted octanol–water partition coefficient (Wildman–Crippen LogP) is 4.29. The average Bonchev–Trinajstić information content (AvgIpc) is 2.65. The van der Waals surface area contributed by atoms with E-state index in [2.05, 4.69) is 13.8 Å². The van der Waals surface area contributed by atoms with Crippen LogP contribution in [0.3, 0.4) is 0 Å². The zero-order valence-corrected chi connectivity index (χ0v) is 16.3. The van der Waals surface area contributed by atoms with E-state index in [0.717, 1.165) is 24.2 Å². The summed E-state index contributed by atoms with van der Waals surface area (Å²) in [5.41, 5.74) is 1.44. The van der Waals surface area contributed by atoms with E-state index in [0.29, 0.717) is 28.0 Å². The first-order chi connectivity index (χ1) is 13.3. The second kappa shape index (κ2) is 6.48. The highest BCUT2D eigenvalue weighted by molar-refractivity contribution is 5.89. The van der Waals surface area contributed by atoms with E-state index >= 15 is 0 Å². The Balaban J connectivity index is 1.94. The van der Waals surface area contributed by atoms with Gasteiger partial charge in [-0.3, -0.25) is 0 Å². The molecule has 1 aromatic heterocycles. The summed E-state index contributed by atoms with van der Waals surface area (Å²) in [6.45, 7) is 4.10. The van der Waals surface area contributed by atoms with E-state index in [1.54, 1.807) is 13.2 Å². The molecule has 6 nitrogen and oxygen atoms in total. The van der Waals surface area contributed by atoms with Gasteiger partial charge in [-0.2, -0.15) is 0 Å². The Bertz CT molecular complexity index is 1130. The van der Waals surface area contributed by atoms with Crippen LogP contribution in [-0.2, 0) is 6.42 Å². The summed E-state index contributed by atoms with van der Waals surface area (Å²) in [4.78, 5) is 12.7. The smallest absolute Gasteiger partial charge is 0.344 e. The van der Waals surface area contributed by atoms with Crippen LogP contribution in [-0.4, -0.2) is 24.9 Å². The maximum absolute atomic E-state index is 12.7. The molecule has 0 atom stereocenters. The minimum atomic E-state index is -0.518. The van der Waals surface area contributed by atoms with Crippen LogP contribution in [0, 0.1) is 0 Å². The third kappa shape index (κ3) is 2.95. The number of benzene rings is 2. The predicted molar refractivity (Wildman–Crippen MR) is 106 cm³/mol. The van der Waals surface area contributed by atoms with E-state index in [-0.39, 0.29) is 16.9 Å². The summed E-state index contributed by atoms with van der Waals surface area (Å²) in [6, 6.07) is 8.25. The molecule has 1 N–H and O–H groups in total. The molecule has 0 saturated carbocycles. The first kappa shape index (κ1) is 18.2. The lowest BCUT2D eigenvalue weighted by Gasteiger charge is -2.33. The molecule has 1 aliphatic heterocycles. The molecule has 6 heteroatoms. The number of hydrogen-bond acceptors (Lipinski definition) is 6. The molecule has 0 fully saturated rings.